The molecule has 3 N–H and O–H groups in total. The first-order chi connectivity index (χ1) is 19.9. The Morgan fingerprint density at radius 3 is 2.60 bits per heavy atom. The number of carbonyl (C=O) groups excluding carboxylic acids is 1. The van der Waals surface area contributed by atoms with Crippen LogP contribution in [0.15, 0.2) is 66.3 Å². The van der Waals surface area contributed by atoms with Crippen LogP contribution in [0.1, 0.15) is 30.0 Å². The molecule has 42 heavy (non-hydrogen) atoms. The van der Waals surface area contributed by atoms with Crippen molar-refractivity contribution < 1.29 is 30.8 Å². The van der Waals surface area contributed by atoms with Gasteiger partial charge in [0.1, 0.15) is 23.7 Å². The first-order valence-corrected chi connectivity index (χ1v) is 14.2. The van der Waals surface area contributed by atoms with Crippen molar-refractivity contribution in [1.82, 2.24) is 29.4 Å². The van der Waals surface area contributed by atoms with Crippen LogP contribution in [-0.2, 0) is 27.5 Å². The van der Waals surface area contributed by atoms with Crippen molar-refractivity contribution in [3.8, 4) is 11.3 Å². The number of nitrogens with two attached hydrogens (primary N) is 1. The molecule has 1 unspecified atom stereocenters. The summed E-state index contributed by atoms with van der Waals surface area (Å²) in [6.45, 7) is 4.25. The number of benzene rings is 2. The molecule has 15 heteroatoms. The monoisotopic (exact) mass is 603 g/mol. The number of sulfonamides is 1. The topological polar surface area (TPSA) is 136 Å². The molecule has 1 aliphatic heterocycles. The van der Waals surface area contributed by atoms with Crippen LogP contribution in [0.3, 0.4) is 0 Å². The highest BCUT2D eigenvalue weighted by atomic mass is 32.2. The fourth-order valence-electron chi connectivity index (χ4n) is 4.93. The van der Waals surface area contributed by atoms with E-state index in [2.05, 4.69) is 21.3 Å². The van der Waals surface area contributed by atoms with Crippen molar-refractivity contribution in [3.05, 3.63) is 78.4 Å². The second-order valence-corrected chi connectivity index (χ2v) is 11.4. The molecule has 2 aromatic carbocycles. The average Bonchev–Trinajstić information content (AvgIpc) is 3.36. The number of piperidine rings is 1. The second-order valence-electron chi connectivity index (χ2n) is 9.69. The maximum Gasteiger partial charge on any atom is 0.417 e. The number of anilines is 1. The molecule has 220 valence electrons. The zero-order valence-electron chi connectivity index (χ0n) is 22.0. The van der Waals surface area contributed by atoms with Crippen LogP contribution in [0.4, 0.5) is 23.4 Å². The molecule has 4 aromatic rings. The fourth-order valence-corrected chi connectivity index (χ4v) is 6.15. The molecule has 0 radical (unpaired) electrons. The van der Waals surface area contributed by atoms with Crippen molar-refractivity contribution in [1.29, 1.82) is 0 Å². The van der Waals surface area contributed by atoms with Gasteiger partial charge in [0.05, 0.1) is 21.9 Å². The molecule has 0 aliphatic carbocycles. The highest BCUT2D eigenvalue weighted by Gasteiger charge is 2.37. The van der Waals surface area contributed by atoms with E-state index in [0.717, 1.165) is 12.8 Å². The maximum absolute atomic E-state index is 13.4. The third kappa shape index (κ3) is 5.69. The van der Waals surface area contributed by atoms with Crippen LogP contribution in [0.25, 0.3) is 22.3 Å². The highest BCUT2D eigenvalue weighted by Crippen LogP contribution is 2.36. The van der Waals surface area contributed by atoms with Crippen molar-refractivity contribution in [2.45, 2.75) is 36.5 Å². The molecule has 3 heterocycles. The van der Waals surface area contributed by atoms with Crippen molar-refractivity contribution in [2.75, 3.05) is 18.8 Å². The summed E-state index contributed by atoms with van der Waals surface area (Å²) in [6.07, 6.45) is -0.956. The average molecular weight is 604 g/mol. The van der Waals surface area contributed by atoms with Crippen molar-refractivity contribution in [3.63, 3.8) is 0 Å². The first kappa shape index (κ1) is 29.1. The lowest BCUT2D eigenvalue weighted by Crippen LogP contribution is -2.40. The Morgan fingerprint density at radius 1 is 1.17 bits per heavy atom. The lowest BCUT2D eigenvalue weighted by atomic mass is 10.1. The predicted molar refractivity (Wildman–Crippen MR) is 146 cm³/mol. The van der Waals surface area contributed by atoms with E-state index in [-0.39, 0.29) is 30.4 Å². The van der Waals surface area contributed by atoms with Gasteiger partial charge < -0.3 is 10.6 Å². The lowest BCUT2D eigenvalue weighted by Gasteiger charge is -2.32. The summed E-state index contributed by atoms with van der Waals surface area (Å²) in [6, 6.07) is 7.70. The minimum absolute atomic E-state index is 0.143. The summed E-state index contributed by atoms with van der Waals surface area (Å²) in [7, 11) is -4.63. The third-order valence-electron chi connectivity index (χ3n) is 6.98. The Balaban J connectivity index is 1.41. The molecule has 0 spiro atoms. The van der Waals surface area contributed by atoms with E-state index in [1.807, 2.05) is 0 Å². The van der Waals surface area contributed by atoms with E-state index >= 15 is 0 Å². The number of alkyl halides is 3. The number of hydrogen-bond acceptors (Lipinski definition) is 7. The summed E-state index contributed by atoms with van der Waals surface area (Å²) in [4.78, 5) is 21.3. The molecule has 1 fully saturated rings. The summed E-state index contributed by atoms with van der Waals surface area (Å²) in [5.41, 5.74) is 6.63. The Labute approximate surface area is 237 Å². The van der Waals surface area contributed by atoms with Gasteiger partial charge in [0.2, 0.25) is 15.9 Å². The number of hydrogen-bond donors (Lipinski definition) is 2. The summed E-state index contributed by atoms with van der Waals surface area (Å²) >= 11 is 0. The third-order valence-corrected chi connectivity index (χ3v) is 8.44. The molecule has 2 aromatic heterocycles. The van der Waals surface area contributed by atoms with Gasteiger partial charge in [-0.2, -0.15) is 18.3 Å². The van der Waals surface area contributed by atoms with Gasteiger partial charge in [0.15, 0.2) is 5.65 Å². The molecule has 1 saturated heterocycles. The van der Waals surface area contributed by atoms with E-state index < -0.39 is 32.5 Å². The Hall–Kier alpha value is -4.37. The molecule has 1 atom stereocenters. The zero-order valence-corrected chi connectivity index (χ0v) is 22.8. The van der Waals surface area contributed by atoms with Crippen molar-refractivity contribution >= 4 is 32.8 Å². The number of aromatic nitrogens is 4. The number of fused-ring (bicyclic) bond motifs is 1. The van der Waals surface area contributed by atoms with Gasteiger partial charge in [0.25, 0.3) is 0 Å². The Morgan fingerprint density at radius 2 is 1.90 bits per heavy atom. The number of nitrogens with zero attached hydrogens (tertiary/aromatic N) is 5. The van der Waals surface area contributed by atoms with E-state index in [1.54, 1.807) is 33.8 Å². The van der Waals surface area contributed by atoms with Gasteiger partial charge in [0, 0.05) is 25.2 Å². The summed E-state index contributed by atoms with van der Waals surface area (Å²) < 4.78 is 82.7. The molecule has 0 saturated carbocycles. The zero-order chi connectivity index (χ0) is 30.2. The van der Waals surface area contributed by atoms with E-state index in [0.29, 0.717) is 53.1 Å². The molecular weight excluding hydrogens is 578 g/mol. The number of likely N-dealkylation sites (tertiary alicyclic amines) is 1. The second kappa shape index (κ2) is 11.1. The standard InChI is InChI=1S/C27H25F4N7O3S/c1-2-22(39)37-11-3-4-19(14-37)38-26-23(25(32)33-15-34-26)24(36-38)17-7-5-16(6-8-17)13-35-42(40,41)21-10-9-18(28)12-20(21)27(29,30)31/h2,5-10,12,15,19,35H,1,3-4,11,13-14H2,(H2,32,33,34). The predicted octanol–water partition coefficient (Wildman–Crippen LogP) is 4.06. The summed E-state index contributed by atoms with van der Waals surface area (Å²) in [5.74, 6) is -1.18. The van der Waals surface area contributed by atoms with Crippen LogP contribution in [0.2, 0.25) is 0 Å². The normalized spacial score (nSPS) is 16.1. The molecular formula is C27H25F4N7O3S. The summed E-state index contributed by atoms with van der Waals surface area (Å²) in [5, 5.41) is 5.29. The number of rotatable bonds is 7. The molecule has 1 aliphatic rings. The van der Waals surface area contributed by atoms with Gasteiger partial charge in [-0.25, -0.2) is 32.2 Å². The number of amides is 1. The molecule has 1 amide bonds. The van der Waals surface area contributed by atoms with Gasteiger partial charge in [-0.15, -0.1) is 0 Å². The number of halogens is 4. The quantitative estimate of drug-likeness (QED) is 0.240. The van der Waals surface area contributed by atoms with Gasteiger partial charge in [-0.05, 0) is 42.7 Å². The van der Waals surface area contributed by atoms with Crippen molar-refractivity contribution in [2.24, 2.45) is 0 Å². The molecule has 10 nitrogen and oxygen atoms in total. The molecule has 5 rings (SSSR count). The smallest absolute Gasteiger partial charge is 0.383 e. The number of nitrogen functional groups attached to an aromatic ring is 1. The van der Waals surface area contributed by atoms with Crippen LogP contribution in [0.5, 0.6) is 0 Å². The molecule has 0 bridgehead atoms. The van der Waals surface area contributed by atoms with Crippen LogP contribution < -0.4 is 10.5 Å². The van der Waals surface area contributed by atoms with Gasteiger partial charge in [-0.3, -0.25) is 4.79 Å². The minimum atomic E-state index is -5.07. The van der Waals surface area contributed by atoms with E-state index in [1.165, 1.54) is 12.4 Å². The van der Waals surface area contributed by atoms with Gasteiger partial charge >= 0.3 is 6.18 Å². The SMILES string of the molecule is C=CC(=O)N1CCCC(n2nc(-c3ccc(CNS(=O)(=O)c4ccc(F)cc4C(F)(F)F)cc3)c3c(N)ncnc32)C1. The van der Waals surface area contributed by atoms with E-state index in [4.69, 9.17) is 10.8 Å². The fraction of sp³-hybridized carbons (Fsp3) is 0.259. The van der Waals surface area contributed by atoms with Crippen LogP contribution >= 0.6 is 0 Å². The minimum Gasteiger partial charge on any atom is -0.383 e. The Bertz CT molecular complexity index is 1770. The van der Waals surface area contributed by atoms with Crippen LogP contribution in [-0.4, -0.2) is 52.1 Å². The highest BCUT2D eigenvalue weighted by molar-refractivity contribution is 7.89. The lowest BCUT2D eigenvalue weighted by molar-refractivity contribution is -0.140. The van der Waals surface area contributed by atoms with Gasteiger partial charge in [-0.1, -0.05) is 30.8 Å². The number of carbonyl (C=O) groups is 1. The largest absolute Gasteiger partial charge is 0.417 e. The number of nitrogens with one attached hydrogen (secondary N) is 1. The van der Waals surface area contributed by atoms with Crippen LogP contribution in [0, 0.1) is 5.82 Å². The first-order valence-electron chi connectivity index (χ1n) is 12.7. The Kier molecular flexibility index (Phi) is 7.72. The van der Waals surface area contributed by atoms with E-state index in [9.17, 15) is 30.8 Å². The maximum atomic E-state index is 13.4.